The molecular weight excluding hydrogens is 357 g/mol. The average molecular weight is 370 g/mol. The van der Waals surface area contributed by atoms with Gasteiger partial charge in [0.2, 0.25) is 0 Å². The molecule has 0 saturated carbocycles. The molecule has 0 aliphatic carbocycles. The summed E-state index contributed by atoms with van der Waals surface area (Å²) in [5, 5.41) is 7.36. The van der Waals surface area contributed by atoms with Gasteiger partial charge in [0.05, 0.1) is 5.56 Å². The van der Waals surface area contributed by atoms with Gasteiger partial charge in [0.25, 0.3) is 5.91 Å². The van der Waals surface area contributed by atoms with Gasteiger partial charge in [-0.25, -0.2) is 4.98 Å². The highest BCUT2D eigenvalue weighted by atomic mass is 32.1. The molecule has 0 spiro atoms. The number of carbonyl (C=O) groups is 1. The van der Waals surface area contributed by atoms with Gasteiger partial charge in [-0.1, -0.05) is 0 Å². The van der Waals surface area contributed by atoms with Crippen molar-refractivity contribution in [1.29, 1.82) is 0 Å². The van der Waals surface area contributed by atoms with Crippen molar-refractivity contribution in [1.82, 2.24) is 15.3 Å². The summed E-state index contributed by atoms with van der Waals surface area (Å²) in [6, 6.07) is 3.02. The van der Waals surface area contributed by atoms with Crippen molar-refractivity contribution in [3.05, 3.63) is 34.8 Å². The fourth-order valence-corrected chi connectivity index (χ4v) is 2.70. The molecule has 2 aromatic heterocycles. The number of halogens is 3. The number of nitrogens with zero attached hydrogens (tertiary/aromatic N) is 2. The van der Waals surface area contributed by atoms with E-state index in [2.05, 4.69) is 20.6 Å². The molecule has 25 heavy (non-hydrogen) atoms. The number of oxazole rings is 1. The van der Waals surface area contributed by atoms with Gasteiger partial charge in [-0.15, -0.1) is 11.3 Å². The van der Waals surface area contributed by atoms with Crippen LogP contribution in [0.15, 0.2) is 28.0 Å². The van der Waals surface area contributed by atoms with Gasteiger partial charge < -0.3 is 9.73 Å². The van der Waals surface area contributed by atoms with Crippen LogP contribution in [-0.4, -0.2) is 21.9 Å². The maximum Gasteiger partial charge on any atom is 0.416 e. The summed E-state index contributed by atoms with van der Waals surface area (Å²) in [6.45, 7) is 3.66. The monoisotopic (exact) mass is 370 g/mol. The summed E-state index contributed by atoms with van der Waals surface area (Å²) >= 11 is 1.15. The fourth-order valence-electron chi connectivity index (χ4n) is 2.02. The molecule has 6 nitrogen and oxygen atoms in total. The summed E-state index contributed by atoms with van der Waals surface area (Å²) in [4.78, 5) is 19.9. The second-order valence-corrected chi connectivity index (χ2v) is 6.35. The zero-order chi connectivity index (χ0) is 18.2. The zero-order valence-corrected chi connectivity index (χ0v) is 14.0. The van der Waals surface area contributed by atoms with Gasteiger partial charge in [0.15, 0.2) is 10.7 Å². The Labute approximate surface area is 144 Å². The lowest BCUT2D eigenvalue weighted by Crippen LogP contribution is -2.30. The molecule has 0 fully saturated rings. The van der Waals surface area contributed by atoms with Crippen molar-refractivity contribution in [3.8, 4) is 0 Å². The van der Waals surface area contributed by atoms with Crippen LogP contribution in [-0.2, 0) is 6.18 Å². The number of hydrogen-bond acceptors (Lipinski definition) is 6. The molecule has 0 radical (unpaired) electrons. The molecule has 2 N–H and O–H groups in total. The van der Waals surface area contributed by atoms with Crippen LogP contribution in [0.1, 0.15) is 29.9 Å². The van der Waals surface area contributed by atoms with Crippen LogP contribution in [0.3, 0.4) is 0 Å². The third-order valence-corrected chi connectivity index (χ3v) is 3.84. The molecule has 10 heteroatoms. The maximum atomic E-state index is 12.7. The lowest BCUT2D eigenvalue weighted by Gasteiger charge is -2.05. The molecule has 3 aromatic rings. The molecule has 0 aliphatic heterocycles. The maximum absolute atomic E-state index is 12.7. The molecule has 3 rings (SSSR count). The van der Waals surface area contributed by atoms with Crippen LogP contribution in [0.25, 0.3) is 11.1 Å². The van der Waals surface area contributed by atoms with Gasteiger partial charge >= 0.3 is 12.2 Å². The normalized spacial score (nSPS) is 11.9. The van der Waals surface area contributed by atoms with E-state index < -0.39 is 11.7 Å². The molecule has 2 heterocycles. The van der Waals surface area contributed by atoms with E-state index in [1.807, 2.05) is 13.8 Å². The molecule has 1 aromatic carbocycles. The third kappa shape index (κ3) is 3.90. The average Bonchev–Trinajstić information content (AvgIpc) is 3.11. The highest BCUT2D eigenvalue weighted by molar-refractivity contribution is 7.14. The number of anilines is 2. The minimum atomic E-state index is -4.45. The molecule has 0 atom stereocenters. The van der Waals surface area contributed by atoms with E-state index in [-0.39, 0.29) is 34.8 Å². The van der Waals surface area contributed by atoms with E-state index in [0.29, 0.717) is 5.13 Å². The third-order valence-electron chi connectivity index (χ3n) is 3.09. The fraction of sp³-hybridized carbons (Fsp3) is 0.267. The number of hydrogen-bond donors (Lipinski definition) is 2. The first-order valence-corrected chi connectivity index (χ1v) is 8.11. The first kappa shape index (κ1) is 17.2. The molecule has 0 aliphatic rings. The number of aromatic nitrogens is 2. The van der Waals surface area contributed by atoms with Crippen molar-refractivity contribution >= 4 is 39.5 Å². The predicted molar refractivity (Wildman–Crippen MR) is 87.0 cm³/mol. The van der Waals surface area contributed by atoms with Crippen LogP contribution in [0.2, 0.25) is 0 Å². The van der Waals surface area contributed by atoms with E-state index in [1.54, 1.807) is 5.38 Å². The number of alkyl halides is 3. The number of carbonyl (C=O) groups excluding carboxylic acids is 1. The number of amides is 1. The zero-order valence-electron chi connectivity index (χ0n) is 13.1. The second kappa shape index (κ2) is 6.36. The Hall–Kier alpha value is -2.62. The smallest absolute Gasteiger partial charge is 0.416 e. The van der Waals surface area contributed by atoms with Gasteiger partial charge in [0, 0.05) is 11.4 Å². The van der Waals surface area contributed by atoms with E-state index in [0.717, 1.165) is 23.5 Å². The Kier molecular flexibility index (Phi) is 4.38. The highest BCUT2D eigenvalue weighted by Crippen LogP contribution is 2.32. The van der Waals surface area contributed by atoms with E-state index in [1.165, 1.54) is 6.07 Å². The second-order valence-electron chi connectivity index (χ2n) is 5.49. The van der Waals surface area contributed by atoms with E-state index in [4.69, 9.17) is 4.42 Å². The minimum Gasteiger partial charge on any atom is -0.423 e. The number of thiazole rings is 1. The van der Waals surface area contributed by atoms with Crippen molar-refractivity contribution in [3.63, 3.8) is 0 Å². The largest absolute Gasteiger partial charge is 0.423 e. The lowest BCUT2D eigenvalue weighted by atomic mass is 10.2. The molecule has 1 amide bonds. The van der Waals surface area contributed by atoms with E-state index >= 15 is 0 Å². The summed E-state index contributed by atoms with van der Waals surface area (Å²) in [5.74, 6) is -0.313. The Morgan fingerprint density at radius 3 is 2.72 bits per heavy atom. The number of benzene rings is 1. The topological polar surface area (TPSA) is 80.0 Å². The summed E-state index contributed by atoms with van der Waals surface area (Å²) < 4.78 is 43.5. The molecule has 0 unspecified atom stereocenters. The van der Waals surface area contributed by atoms with Crippen molar-refractivity contribution in [2.45, 2.75) is 26.1 Å². The number of rotatable bonds is 4. The van der Waals surface area contributed by atoms with Crippen LogP contribution >= 0.6 is 11.3 Å². The molecule has 0 saturated heterocycles. The van der Waals surface area contributed by atoms with Crippen LogP contribution in [0.5, 0.6) is 0 Å². The van der Waals surface area contributed by atoms with Gasteiger partial charge in [-0.3, -0.25) is 10.1 Å². The minimum absolute atomic E-state index is 0.000470. The molecular formula is C15H13F3N4O2S. The summed E-state index contributed by atoms with van der Waals surface area (Å²) in [5.41, 5.74) is -0.283. The Morgan fingerprint density at radius 1 is 1.28 bits per heavy atom. The highest BCUT2D eigenvalue weighted by Gasteiger charge is 2.31. The standard InChI is InChI=1S/C15H13F3N4O2S/c1-7(2)19-12(23)10-6-25-14(21-10)22-13-20-9-5-8(15(16,17)18)3-4-11(9)24-13/h3-7H,1-2H3,(H,19,23)(H,20,21,22). The number of fused-ring (bicyclic) bond motifs is 1. The summed E-state index contributed by atoms with van der Waals surface area (Å²) in [6.07, 6.45) is -4.45. The quantitative estimate of drug-likeness (QED) is 0.720. The lowest BCUT2D eigenvalue weighted by molar-refractivity contribution is -0.137. The molecule has 132 valence electrons. The predicted octanol–water partition coefficient (Wildman–Crippen LogP) is 4.18. The number of nitrogens with one attached hydrogen (secondary N) is 2. The van der Waals surface area contributed by atoms with Crippen LogP contribution < -0.4 is 10.6 Å². The van der Waals surface area contributed by atoms with Crippen LogP contribution in [0.4, 0.5) is 24.3 Å². The van der Waals surface area contributed by atoms with Crippen molar-refractivity contribution < 1.29 is 22.4 Å². The summed E-state index contributed by atoms with van der Waals surface area (Å²) in [7, 11) is 0. The Balaban J connectivity index is 1.79. The first-order chi connectivity index (χ1) is 11.7. The van der Waals surface area contributed by atoms with Crippen molar-refractivity contribution in [2.24, 2.45) is 0 Å². The SMILES string of the molecule is CC(C)NC(=O)c1csc(Nc2nc3cc(C(F)(F)F)ccc3o2)n1. The van der Waals surface area contributed by atoms with Gasteiger partial charge in [-0.2, -0.15) is 18.2 Å². The Bertz CT molecular complexity index is 917. The van der Waals surface area contributed by atoms with Crippen molar-refractivity contribution in [2.75, 3.05) is 5.32 Å². The van der Waals surface area contributed by atoms with Crippen LogP contribution in [0, 0.1) is 0 Å². The van der Waals surface area contributed by atoms with Gasteiger partial charge in [0.1, 0.15) is 11.2 Å². The molecule has 0 bridgehead atoms. The Morgan fingerprint density at radius 2 is 2.04 bits per heavy atom. The van der Waals surface area contributed by atoms with E-state index in [9.17, 15) is 18.0 Å². The first-order valence-electron chi connectivity index (χ1n) is 7.23. The van der Waals surface area contributed by atoms with Gasteiger partial charge in [-0.05, 0) is 32.0 Å².